The molecule has 1 aromatic heterocycles. The second-order valence-electron chi connectivity index (χ2n) is 8.48. The lowest BCUT2D eigenvalue weighted by atomic mass is 9.89. The maximum absolute atomic E-state index is 12.8. The van der Waals surface area contributed by atoms with Gasteiger partial charge in [-0.1, -0.05) is 13.8 Å². The highest BCUT2D eigenvalue weighted by atomic mass is 16.5. The zero-order chi connectivity index (χ0) is 20.1. The van der Waals surface area contributed by atoms with Crippen molar-refractivity contribution in [2.45, 2.75) is 64.9 Å². The molecular formula is C22H33N3O3. The minimum atomic E-state index is -0.0729. The molecule has 6 nitrogen and oxygen atoms in total. The number of rotatable bonds is 6. The number of amides is 2. The van der Waals surface area contributed by atoms with Crippen LogP contribution in [0.3, 0.4) is 0 Å². The first kappa shape index (κ1) is 20.8. The molecule has 2 aliphatic rings. The van der Waals surface area contributed by atoms with Gasteiger partial charge in [-0.3, -0.25) is 14.6 Å². The molecule has 0 unspecified atom stereocenters. The molecule has 0 spiro atoms. The Labute approximate surface area is 168 Å². The fraction of sp³-hybridized carbons (Fsp3) is 0.682. The molecule has 0 saturated carbocycles. The number of hydrogen-bond acceptors (Lipinski definition) is 4. The van der Waals surface area contributed by atoms with E-state index in [1.165, 1.54) is 0 Å². The van der Waals surface area contributed by atoms with E-state index in [9.17, 15) is 9.59 Å². The molecular weight excluding hydrogens is 354 g/mol. The Balaban J connectivity index is 1.64. The lowest BCUT2D eigenvalue weighted by Crippen LogP contribution is -2.39. The number of piperidine rings is 1. The third kappa shape index (κ3) is 5.31. The highest BCUT2D eigenvalue weighted by Gasteiger charge is 2.28. The number of aryl methyl sites for hydroxylation is 1. The summed E-state index contributed by atoms with van der Waals surface area (Å²) in [4.78, 5) is 31.8. The monoisotopic (exact) mass is 387 g/mol. The van der Waals surface area contributed by atoms with Crippen LogP contribution in [0.4, 0.5) is 0 Å². The van der Waals surface area contributed by atoms with Gasteiger partial charge in [-0.05, 0) is 50.7 Å². The van der Waals surface area contributed by atoms with E-state index in [2.05, 4.69) is 19.2 Å². The van der Waals surface area contributed by atoms with Gasteiger partial charge in [0.05, 0.1) is 17.4 Å². The van der Waals surface area contributed by atoms with Gasteiger partial charge >= 0.3 is 0 Å². The van der Waals surface area contributed by atoms with Gasteiger partial charge in [-0.2, -0.15) is 0 Å². The van der Waals surface area contributed by atoms with Crippen LogP contribution in [-0.4, -0.2) is 54.0 Å². The van der Waals surface area contributed by atoms with E-state index in [1.807, 2.05) is 24.0 Å². The van der Waals surface area contributed by atoms with Crippen molar-refractivity contribution in [3.05, 3.63) is 29.1 Å². The van der Waals surface area contributed by atoms with Gasteiger partial charge in [0, 0.05) is 44.3 Å². The summed E-state index contributed by atoms with van der Waals surface area (Å²) in [5.74, 6) is 0.755. The molecule has 3 rings (SSSR count). The predicted molar refractivity (Wildman–Crippen MR) is 108 cm³/mol. The Bertz CT molecular complexity index is 690. The van der Waals surface area contributed by atoms with E-state index in [-0.39, 0.29) is 23.8 Å². The molecule has 2 saturated heterocycles. The summed E-state index contributed by atoms with van der Waals surface area (Å²) < 4.78 is 5.60. The third-order valence-electron chi connectivity index (χ3n) is 5.64. The molecule has 1 aromatic rings. The summed E-state index contributed by atoms with van der Waals surface area (Å²) in [6.45, 7) is 8.91. The number of aromatic nitrogens is 1. The largest absolute Gasteiger partial charge is 0.376 e. The zero-order valence-electron chi connectivity index (χ0n) is 17.4. The summed E-state index contributed by atoms with van der Waals surface area (Å²) >= 11 is 0. The fourth-order valence-corrected chi connectivity index (χ4v) is 4.07. The molecule has 0 radical (unpaired) electrons. The van der Waals surface area contributed by atoms with Crippen LogP contribution in [-0.2, 0) is 9.53 Å². The van der Waals surface area contributed by atoms with Crippen LogP contribution in [0, 0.1) is 12.8 Å². The Morgan fingerprint density at radius 1 is 1.25 bits per heavy atom. The number of carbonyl (C=O) groups excluding carboxylic acids is 2. The third-order valence-corrected chi connectivity index (χ3v) is 5.64. The molecule has 154 valence electrons. The molecule has 2 amide bonds. The number of carbonyl (C=O) groups is 2. The topological polar surface area (TPSA) is 71.5 Å². The average molecular weight is 388 g/mol. The van der Waals surface area contributed by atoms with E-state index in [0.717, 1.165) is 56.8 Å². The summed E-state index contributed by atoms with van der Waals surface area (Å²) in [5, 5.41) is 3.02. The van der Waals surface area contributed by atoms with Crippen molar-refractivity contribution >= 4 is 11.8 Å². The van der Waals surface area contributed by atoms with Crippen LogP contribution in [0.2, 0.25) is 0 Å². The summed E-state index contributed by atoms with van der Waals surface area (Å²) in [7, 11) is 0. The zero-order valence-corrected chi connectivity index (χ0v) is 17.4. The molecule has 0 bridgehead atoms. The molecule has 3 heterocycles. The summed E-state index contributed by atoms with van der Waals surface area (Å²) in [6, 6.07) is 3.78. The Morgan fingerprint density at radius 3 is 2.64 bits per heavy atom. The normalized spacial score (nSPS) is 20.6. The number of hydrogen-bond donors (Lipinski definition) is 1. The quantitative estimate of drug-likeness (QED) is 0.814. The molecule has 0 aromatic carbocycles. The summed E-state index contributed by atoms with van der Waals surface area (Å²) in [5.41, 5.74) is 2.46. The van der Waals surface area contributed by atoms with Gasteiger partial charge in [0.15, 0.2) is 0 Å². The van der Waals surface area contributed by atoms with Crippen molar-refractivity contribution in [1.82, 2.24) is 15.2 Å². The summed E-state index contributed by atoms with van der Waals surface area (Å²) in [6.07, 6.45) is 4.50. The maximum atomic E-state index is 12.8. The van der Waals surface area contributed by atoms with E-state index < -0.39 is 0 Å². The average Bonchev–Trinajstić information content (AvgIpc) is 3.19. The van der Waals surface area contributed by atoms with E-state index in [0.29, 0.717) is 24.4 Å². The highest BCUT2D eigenvalue weighted by Crippen LogP contribution is 2.30. The molecule has 28 heavy (non-hydrogen) atoms. The van der Waals surface area contributed by atoms with Gasteiger partial charge < -0.3 is 15.0 Å². The number of nitrogens with zero attached hydrogens (tertiary/aromatic N) is 2. The smallest absolute Gasteiger partial charge is 0.253 e. The Hall–Kier alpha value is -1.95. The van der Waals surface area contributed by atoms with Crippen LogP contribution in [0.15, 0.2) is 12.1 Å². The standard InChI is InChI=1S/C22H33N3O3/c1-15(2)13-20(26)25-10-8-17(9-11-25)21-19(7-6-16(3)24-21)22(27)23-14-18-5-4-12-28-18/h6-7,15,17-18H,4-5,8-14H2,1-3H3,(H,23,27)/t18-/m1/s1. The molecule has 0 aliphatic carbocycles. The Morgan fingerprint density at radius 2 is 2.00 bits per heavy atom. The highest BCUT2D eigenvalue weighted by molar-refractivity contribution is 5.95. The SMILES string of the molecule is Cc1ccc(C(=O)NC[C@H]2CCCO2)c(C2CCN(C(=O)CC(C)C)CC2)n1. The van der Waals surface area contributed by atoms with Crippen LogP contribution in [0.5, 0.6) is 0 Å². The molecule has 2 aliphatic heterocycles. The van der Waals surface area contributed by atoms with Crippen molar-refractivity contribution < 1.29 is 14.3 Å². The van der Waals surface area contributed by atoms with Crippen molar-refractivity contribution in [1.29, 1.82) is 0 Å². The minimum Gasteiger partial charge on any atom is -0.376 e. The number of pyridine rings is 1. The lowest BCUT2D eigenvalue weighted by Gasteiger charge is -2.33. The van der Waals surface area contributed by atoms with Gasteiger partial charge in [0.25, 0.3) is 5.91 Å². The molecule has 1 atom stereocenters. The van der Waals surface area contributed by atoms with Gasteiger partial charge in [-0.15, -0.1) is 0 Å². The van der Waals surface area contributed by atoms with Crippen molar-refractivity contribution in [2.24, 2.45) is 5.92 Å². The van der Waals surface area contributed by atoms with Crippen molar-refractivity contribution in [3.63, 3.8) is 0 Å². The number of nitrogens with one attached hydrogen (secondary N) is 1. The van der Waals surface area contributed by atoms with E-state index in [1.54, 1.807) is 0 Å². The van der Waals surface area contributed by atoms with Crippen molar-refractivity contribution in [2.75, 3.05) is 26.2 Å². The second-order valence-corrected chi connectivity index (χ2v) is 8.48. The van der Waals surface area contributed by atoms with Crippen LogP contribution < -0.4 is 5.32 Å². The Kier molecular flexibility index (Phi) is 7.05. The molecule has 6 heteroatoms. The minimum absolute atomic E-state index is 0.0729. The maximum Gasteiger partial charge on any atom is 0.253 e. The molecule has 2 fully saturated rings. The van der Waals surface area contributed by atoms with E-state index in [4.69, 9.17) is 9.72 Å². The predicted octanol–water partition coefficient (Wildman–Crippen LogP) is 3.05. The van der Waals surface area contributed by atoms with Crippen LogP contribution >= 0.6 is 0 Å². The van der Waals surface area contributed by atoms with Gasteiger partial charge in [-0.25, -0.2) is 0 Å². The molecule has 1 N–H and O–H groups in total. The van der Waals surface area contributed by atoms with Gasteiger partial charge in [0.1, 0.15) is 0 Å². The first-order valence-electron chi connectivity index (χ1n) is 10.6. The number of likely N-dealkylation sites (tertiary alicyclic amines) is 1. The van der Waals surface area contributed by atoms with Crippen molar-refractivity contribution in [3.8, 4) is 0 Å². The van der Waals surface area contributed by atoms with Crippen LogP contribution in [0.1, 0.15) is 73.6 Å². The van der Waals surface area contributed by atoms with E-state index >= 15 is 0 Å². The van der Waals surface area contributed by atoms with Gasteiger partial charge in [0.2, 0.25) is 5.91 Å². The lowest BCUT2D eigenvalue weighted by molar-refractivity contribution is -0.133. The van der Waals surface area contributed by atoms with Crippen LogP contribution in [0.25, 0.3) is 0 Å². The first-order valence-corrected chi connectivity index (χ1v) is 10.6. The second kappa shape index (κ2) is 9.50. The number of ether oxygens (including phenoxy) is 1. The first-order chi connectivity index (χ1) is 13.4. The fourth-order valence-electron chi connectivity index (χ4n) is 4.07.